The molecule has 0 saturated carbocycles. The molecule has 0 amide bonds. The maximum absolute atomic E-state index is 10.7. The molecule has 106 valence electrons. The highest BCUT2D eigenvalue weighted by atomic mass is 16.6. The summed E-state index contributed by atoms with van der Waals surface area (Å²) in [5.74, 6) is 0.926. The molecule has 6 nitrogen and oxygen atoms in total. The summed E-state index contributed by atoms with van der Waals surface area (Å²) < 4.78 is 0. The third-order valence-corrected chi connectivity index (χ3v) is 2.75. The molecule has 1 heterocycles. The zero-order valence-corrected chi connectivity index (χ0v) is 11.8. The molecule has 0 aliphatic rings. The molecule has 0 aliphatic heterocycles. The fourth-order valence-corrected chi connectivity index (χ4v) is 2.08. The van der Waals surface area contributed by atoms with Crippen molar-refractivity contribution < 1.29 is 10.0 Å². The SMILES string of the molecule is Cc1nc(NCC(C)(O)CC(C)C)ccc1[N+](=O)[O-]. The van der Waals surface area contributed by atoms with Crippen LogP contribution in [0.15, 0.2) is 12.1 Å². The van der Waals surface area contributed by atoms with Crippen LogP contribution < -0.4 is 5.32 Å². The molecule has 1 aromatic rings. The number of hydrogen-bond donors (Lipinski definition) is 2. The van der Waals surface area contributed by atoms with Crippen molar-refractivity contribution in [3.05, 3.63) is 27.9 Å². The molecular weight excluding hydrogens is 246 g/mol. The highest BCUT2D eigenvalue weighted by molar-refractivity contribution is 5.44. The first-order valence-electron chi connectivity index (χ1n) is 6.29. The normalized spacial score (nSPS) is 14.2. The van der Waals surface area contributed by atoms with Gasteiger partial charge >= 0.3 is 0 Å². The highest BCUT2D eigenvalue weighted by Crippen LogP contribution is 2.20. The van der Waals surface area contributed by atoms with E-state index in [2.05, 4.69) is 10.3 Å². The van der Waals surface area contributed by atoms with Gasteiger partial charge in [0.2, 0.25) is 0 Å². The first-order chi connectivity index (χ1) is 8.71. The Kier molecular flexibility index (Phi) is 4.83. The molecule has 2 N–H and O–H groups in total. The van der Waals surface area contributed by atoms with Crippen molar-refractivity contribution in [3.63, 3.8) is 0 Å². The molecule has 0 fully saturated rings. The number of hydrogen-bond acceptors (Lipinski definition) is 5. The zero-order valence-electron chi connectivity index (χ0n) is 11.8. The molecule has 0 saturated heterocycles. The van der Waals surface area contributed by atoms with Gasteiger partial charge in [0, 0.05) is 12.6 Å². The molecule has 0 aromatic carbocycles. The Bertz CT molecular complexity index is 458. The predicted octanol–water partition coefficient (Wildman–Crippen LogP) is 2.51. The van der Waals surface area contributed by atoms with Crippen LogP contribution in [0.1, 0.15) is 32.9 Å². The molecule has 0 bridgehead atoms. The van der Waals surface area contributed by atoms with Gasteiger partial charge in [-0.15, -0.1) is 0 Å². The number of aliphatic hydroxyl groups is 1. The van der Waals surface area contributed by atoms with Crippen LogP contribution in [0.2, 0.25) is 0 Å². The second-order valence-corrected chi connectivity index (χ2v) is 5.51. The van der Waals surface area contributed by atoms with Crippen molar-refractivity contribution in [2.45, 2.75) is 39.7 Å². The molecule has 0 aliphatic carbocycles. The smallest absolute Gasteiger partial charge is 0.290 e. The molecular formula is C13H21N3O3. The molecule has 1 atom stereocenters. The van der Waals surface area contributed by atoms with Gasteiger partial charge in [0.15, 0.2) is 0 Å². The second-order valence-electron chi connectivity index (χ2n) is 5.51. The van der Waals surface area contributed by atoms with E-state index in [0.29, 0.717) is 30.4 Å². The quantitative estimate of drug-likeness (QED) is 0.610. The van der Waals surface area contributed by atoms with Gasteiger partial charge in [0.05, 0.1) is 10.5 Å². The number of aromatic nitrogens is 1. The second kappa shape index (κ2) is 5.97. The van der Waals surface area contributed by atoms with E-state index in [4.69, 9.17) is 0 Å². The predicted molar refractivity (Wildman–Crippen MR) is 74.2 cm³/mol. The summed E-state index contributed by atoms with van der Waals surface area (Å²) in [5.41, 5.74) is -0.469. The average molecular weight is 267 g/mol. The van der Waals surface area contributed by atoms with Crippen LogP contribution in [-0.4, -0.2) is 27.2 Å². The molecule has 6 heteroatoms. The Morgan fingerprint density at radius 3 is 2.63 bits per heavy atom. The van der Waals surface area contributed by atoms with Gasteiger partial charge in [0.1, 0.15) is 11.5 Å². The van der Waals surface area contributed by atoms with E-state index in [-0.39, 0.29) is 5.69 Å². The fraction of sp³-hybridized carbons (Fsp3) is 0.615. The third-order valence-electron chi connectivity index (χ3n) is 2.75. The average Bonchev–Trinajstić information content (AvgIpc) is 2.24. The van der Waals surface area contributed by atoms with Gasteiger partial charge in [-0.2, -0.15) is 0 Å². The summed E-state index contributed by atoms with van der Waals surface area (Å²) in [6, 6.07) is 2.97. The number of aryl methyl sites for hydroxylation is 1. The topological polar surface area (TPSA) is 88.3 Å². The van der Waals surface area contributed by atoms with Crippen LogP contribution in [0.4, 0.5) is 11.5 Å². The van der Waals surface area contributed by atoms with E-state index < -0.39 is 10.5 Å². The number of nitrogens with one attached hydrogen (secondary N) is 1. The minimum atomic E-state index is -0.828. The van der Waals surface area contributed by atoms with Gasteiger partial charge < -0.3 is 10.4 Å². The standard InChI is InChI=1S/C13H21N3O3/c1-9(2)7-13(4,17)8-14-12-6-5-11(16(18)19)10(3)15-12/h5-6,9,17H,7-8H2,1-4H3,(H,14,15). The number of rotatable bonds is 6. The fourth-order valence-electron chi connectivity index (χ4n) is 2.08. The highest BCUT2D eigenvalue weighted by Gasteiger charge is 2.22. The molecule has 19 heavy (non-hydrogen) atoms. The minimum absolute atomic E-state index is 0.000472. The maximum atomic E-state index is 10.7. The maximum Gasteiger partial charge on any atom is 0.290 e. The lowest BCUT2D eigenvalue weighted by molar-refractivity contribution is -0.385. The number of nitro groups is 1. The van der Waals surface area contributed by atoms with Gasteiger partial charge in [-0.05, 0) is 32.3 Å². The van der Waals surface area contributed by atoms with Crippen LogP contribution in [0.25, 0.3) is 0 Å². The Hall–Kier alpha value is -1.69. The van der Waals surface area contributed by atoms with E-state index in [1.165, 1.54) is 6.07 Å². The van der Waals surface area contributed by atoms with Crippen LogP contribution in [0, 0.1) is 23.0 Å². The lowest BCUT2D eigenvalue weighted by Gasteiger charge is -2.25. The van der Waals surface area contributed by atoms with Gasteiger partial charge in [-0.3, -0.25) is 10.1 Å². The largest absolute Gasteiger partial charge is 0.388 e. The van der Waals surface area contributed by atoms with Crippen LogP contribution in [0.3, 0.4) is 0 Å². The number of anilines is 1. The molecule has 1 aromatic heterocycles. The van der Waals surface area contributed by atoms with Crippen molar-refractivity contribution in [1.82, 2.24) is 4.98 Å². The zero-order chi connectivity index (χ0) is 14.6. The van der Waals surface area contributed by atoms with Crippen molar-refractivity contribution in [1.29, 1.82) is 0 Å². The van der Waals surface area contributed by atoms with E-state index >= 15 is 0 Å². The van der Waals surface area contributed by atoms with Crippen molar-refractivity contribution in [2.75, 3.05) is 11.9 Å². The molecule has 0 spiro atoms. The van der Waals surface area contributed by atoms with Gasteiger partial charge in [-0.25, -0.2) is 4.98 Å². The first-order valence-corrected chi connectivity index (χ1v) is 6.29. The van der Waals surface area contributed by atoms with Gasteiger partial charge in [0.25, 0.3) is 5.69 Å². The minimum Gasteiger partial charge on any atom is -0.388 e. The Labute approximate surface area is 113 Å². The number of nitrogens with zero attached hydrogens (tertiary/aromatic N) is 2. The summed E-state index contributed by atoms with van der Waals surface area (Å²) in [5, 5.41) is 23.8. The lowest BCUT2D eigenvalue weighted by atomic mass is 9.94. The van der Waals surface area contributed by atoms with Crippen LogP contribution in [0.5, 0.6) is 0 Å². The van der Waals surface area contributed by atoms with E-state index in [1.807, 2.05) is 13.8 Å². The third kappa shape index (κ3) is 4.82. The summed E-state index contributed by atoms with van der Waals surface area (Å²) in [7, 11) is 0. The van der Waals surface area contributed by atoms with Crippen molar-refractivity contribution >= 4 is 11.5 Å². The van der Waals surface area contributed by atoms with E-state index in [9.17, 15) is 15.2 Å². The molecule has 1 unspecified atom stereocenters. The molecule has 1 rings (SSSR count). The first kappa shape index (κ1) is 15.4. The van der Waals surface area contributed by atoms with Crippen molar-refractivity contribution in [2.24, 2.45) is 5.92 Å². The van der Waals surface area contributed by atoms with Gasteiger partial charge in [-0.1, -0.05) is 13.8 Å². The van der Waals surface area contributed by atoms with E-state index in [0.717, 1.165) is 0 Å². The van der Waals surface area contributed by atoms with Crippen LogP contribution in [-0.2, 0) is 0 Å². The molecule has 0 radical (unpaired) electrons. The summed E-state index contributed by atoms with van der Waals surface area (Å²) in [6.45, 7) is 7.80. The van der Waals surface area contributed by atoms with Crippen molar-refractivity contribution in [3.8, 4) is 0 Å². The monoisotopic (exact) mass is 267 g/mol. The summed E-state index contributed by atoms with van der Waals surface area (Å²) in [4.78, 5) is 14.3. The lowest BCUT2D eigenvalue weighted by Crippen LogP contribution is -2.35. The van der Waals surface area contributed by atoms with E-state index in [1.54, 1.807) is 19.9 Å². The van der Waals surface area contributed by atoms with Crippen LogP contribution >= 0.6 is 0 Å². The number of pyridine rings is 1. The Morgan fingerprint density at radius 2 is 2.16 bits per heavy atom. The Morgan fingerprint density at radius 1 is 1.53 bits per heavy atom. The summed E-state index contributed by atoms with van der Waals surface area (Å²) in [6.07, 6.45) is 0.673. The summed E-state index contributed by atoms with van der Waals surface area (Å²) >= 11 is 0. The Balaban J connectivity index is 2.69.